The van der Waals surface area contributed by atoms with Gasteiger partial charge in [-0.1, -0.05) is 249 Å². The third-order valence-corrected chi connectivity index (χ3v) is 17.1. The van der Waals surface area contributed by atoms with E-state index in [0.717, 1.165) is 73.5 Å². The summed E-state index contributed by atoms with van der Waals surface area (Å²) < 4.78 is 7.56. The van der Waals surface area contributed by atoms with E-state index in [1.165, 1.54) is 71.6 Å². The molecule has 3 nitrogen and oxygen atoms in total. The summed E-state index contributed by atoms with van der Waals surface area (Å²) in [6.45, 7) is 0. The van der Waals surface area contributed by atoms with Gasteiger partial charge in [-0.05, 0) is 138 Å². The molecule has 384 valence electrons. The number of para-hydroxylation sites is 2. The Morgan fingerprint density at radius 1 is 0.256 bits per heavy atom. The highest BCUT2D eigenvalue weighted by molar-refractivity contribution is 6.06. The molecule has 0 bridgehead atoms. The van der Waals surface area contributed by atoms with E-state index in [4.69, 9.17) is 4.42 Å². The molecule has 0 saturated heterocycles. The van der Waals surface area contributed by atoms with E-state index in [-0.39, 0.29) is 0 Å². The summed E-state index contributed by atoms with van der Waals surface area (Å²) in [6, 6.07) is 115. The number of furan rings is 1. The first-order valence-electron chi connectivity index (χ1n) is 28.2. The molecule has 0 radical (unpaired) electrons. The minimum Gasteiger partial charge on any atom is -0.455 e. The third-order valence-electron chi connectivity index (χ3n) is 17.1. The molecule has 0 aliphatic heterocycles. The minimum atomic E-state index is -0.887. The minimum absolute atomic E-state index is 0.858. The molecule has 13 aromatic carbocycles. The lowest BCUT2D eigenvalue weighted by atomic mass is 9.69. The first kappa shape index (κ1) is 47.3. The second kappa shape index (κ2) is 19.3. The van der Waals surface area contributed by atoms with Crippen LogP contribution in [-0.2, 0) is 5.41 Å². The number of rotatable bonds is 10. The second-order valence-corrected chi connectivity index (χ2v) is 21.5. The van der Waals surface area contributed by atoms with Crippen LogP contribution < -0.4 is 9.80 Å². The van der Waals surface area contributed by atoms with E-state index < -0.39 is 5.41 Å². The predicted molar refractivity (Wildman–Crippen MR) is 341 cm³/mol. The first-order chi connectivity index (χ1) is 40.7. The molecule has 1 unspecified atom stereocenters. The van der Waals surface area contributed by atoms with Crippen LogP contribution in [0.5, 0.6) is 0 Å². The zero-order chi connectivity index (χ0) is 54.1. The molecular formula is C79H52N2O. The fraction of sp³-hybridized carbons (Fsp3) is 0.0127. The number of nitrogens with zero attached hydrogens (tertiary/aromatic N) is 2. The summed E-state index contributed by atoms with van der Waals surface area (Å²) in [5.74, 6) is 1.72. The zero-order valence-corrected chi connectivity index (χ0v) is 44.8. The van der Waals surface area contributed by atoms with Crippen LogP contribution in [-0.4, -0.2) is 0 Å². The maximum atomic E-state index is 7.56. The molecule has 3 heteroatoms. The highest BCUT2D eigenvalue weighted by Gasteiger charge is 2.57. The molecule has 1 heterocycles. The molecule has 0 N–H and O–H groups in total. The van der Waals surface area contributed by atoms with E-state index in [1.807, 2.05) is 0 Å². The number of fused-ring (bicyclic) bond motifs is 12. The average molecular weight is 1050 g/mol. The van der Waals surface area contributed by atoms with Gasteiger partial charge in [0, 0.05) is 56.3 Å². The molecule has 82 heavy (non-hydrogen) atoms. The Labute approximate surface area is 477 Å². The Bertz CT molecular complexity index is 4710. The van der Waals surface area contributed by atoms with Crippen molar-refractivity contribution in [2.75, 3.05) is 9.80 Å². The highest BCUT2D eigenvalue weighted by Crippen LogP contribution is 2.69. The molecule has 0 fully saturated rings. The Hall–Kier alpha value is -10.7. The maximum absolute atomic E-state index is 7.56. The fourth-order valence-electron chi connectivity index (χ4n) is 13.6. The number of hydrogen-bond acceptors (Lipinski definition) is 3. The molecular weight excluding hydrogens is 993 g/mol. The van der Waals surface area contributed by atoms with Gasteiger partial charge < -0.3 is 14.2 Å². The average Bonchev–Trinajstić information content (AvgIpc) is 2.49. The molecule has 2 aliphatic rings. The molecule has 2 aliphatic carbocycles. The van der Waals surface area contributed by atoms with Crippen molar-refractivity contribution in [3.63, 3.8) is 0 Å². The van der Waals surface area contributed by atoms with E-state index in [1.54, 1.807) is 0 Å². The molecule has 1 aromatic heterocycles. The largest absolute Gasteiger partial charge is 0.455 e. The Morgan fingerprint density at radius 3 is 1.30 bits per heavy atom. The lowest BCUT2D eigenvalue weighted by Crippen LogP contribution is -2.29. The van der Waals surface area contributed by atoms with Crippen LogP contribution in [0.1, 0.15) is 22.3 Å². The third kappa shape index (κ3) is 7.37. The quantitative estimate of drug-likeness (QED) is 0.136. The first-order valence-corrected chi connectivity index (χ1v) is 28.2. The highest BCUT2D eigenvalue weighted by atomic mass is 16.3. The van der Waals surface area contributed by atoms with Crippen LogP contribution in [0.25, 0.3) is 88.7 Å². The summed E-state index contributed by atoms with van der Waals surface area (Å²) in [4.78, 5) is 4.90. The normalized spacial score (nSPS) is 13.7. The molecule has 14 aromatic rings. The number of anilines is 6. The van der Waals surface area contributed by atoms with Crippen molar-refractivity contribution < 1.29 is 4.42 Å². The smallest absolute Gasteiger partial charge is 0.142 e. The van der Waals surface area contributed by atoms with Gasteiger partial charge in [-0.25, -0.2) is 0 Å². The maximum Gasteiger partial charge on any atom is 0.142 e. The van der Waals surface area contributed by atoms with Crippen molar-refractivity contribution in [1.82, 2.24) is 0 Å². The van der Waals surface area contributed by atoms with Gasteiger partial charge in [0.15, 0.2) is 0 Å². The number of hydrogen-bond donors (Lipinski definition) is 0. The second-order valence-electron chi connectivity index (χ2n) is 21.5. The summed E-state index contributed by atoms with van der Waals surface area (Å²) >= 11 is 0. The van der Waals surface area contributed by atoms with E-state index in [9.17, 15) is 0 Å². The monoisotopic (exact) mass is 1040 g/mol. The molecule has 1 atom stereocenters. The standard InChI is InChI=1S/C79H52N2O/c1-5-24-57(25-6-1)77-74-70-51-50-63(80(59-30-9-3-10-31-59)61-46-42-55(43-47-61)66-37-19-28-53-22-13-15-34-64(53)66)52-72(70)79(76(74)78(82-77)58-26-7-2-8-27-58)71-40-18-17-36-68(71)69-39-21-41-73(75(69)79)81(60-32-11-4-12-33-60)62-48-44-56(45-49-62)67-38-20-29-54-23-14-16-35-65(54)67/h1-52H. The van der Waals surface area contributed by atoms with Gasteiger partial charge in [-0.3, -0.25) is 0 Å². The van der Waals surface area contributed by atoms with Gasteiger partial charge in [0.2, 0.25) is 0 Å². The molecule has 1 spiro atoms. The van der Waals surface area contributed by atoms with Crippen molar-refractivity contribution in [3.05, 3.63) is 338 Å². The van der Waals surface area contributed by atoms with Crippen LogP contribution in [0, 0.1) is 0 Å². The van der Waals surface area contributed by atoms with Crippen LogP contribution >= 0.6 is 0 Å². The van der Waals surface area contributed by atoms with Gasteiger partial charge in [-0.15, -0.1) is 0 Å². The number of benzene rings is 13. The van der Waals surface area contributed by atoms with Crippen molar-refractivity contribution in [2.24, 2.45) is 0 Å². The molecule has 0 saturated carbocycles. The summed E-state index contributed by atoms with van der Waals surface area (Å²) in [5.41, 5.74) is 21.8. The van der Waals surface area contributed by atoms with E-state index in [0.29, 0.717) is 0 Å². The molecule has 0 amide bonds. The molecule has 16 rings (SSSR count). The summed E-state index contributed by atoms with van der Waals surface area (Å²) in [5, 5.41) is 4.93. The van der Waals surface area contributed by atoms with Crippen LogP contribution in [0.2, 0.25) is 0 Å². The SMILES string of the molecule is c1ccc(-c2oc(-c3ccccc3)c3c2-c2ccc(N(c4ccccc4)c4ccc(-c5cccc6ccccc56)cc4)cc2C32c3ccccc3-c3cccc(N(c4ccccc4)c4ccc(-c5cccc6ccccc56)cc4)c32)cc1. The summed E-state index contributed by atoms with van der Waals surface area (Å²) in [6.07, 6.45) is 0. The topological polar surface area (TPSA) is 19.6 Å². The van der Waals surface area contributed by atoms with Crippen molar-refractivity contribution in [3.8, 4) is 67.2 Å². The zero-order valence-electron chi connectivity index (χ0n) is 44.8. The van der Waals surface area contributed by atoms with Crippen molar-refractivity contribution in [2.45, 2.75) is 5.41 Å². The van der Waals surface area contributed by atoms with Crippen molar-refractivity contribution in [1.29, 1.82) is 0 Å². The Morgan fingerprint density at radius 2 is 0.695 bits per heavy atom. The van der Waals surface area contributed by atoms with Gasteiger partial charge in [0.1, 0.15) is 11.5 Å². The Kier molecular flexibility index (Phi) is 11.1. The van der Waals surface area contributed by atoms with E-state index in [2.05, 4.69) is 325 Å². The van der Waals surface area contributed by atoms with Crippen LogP contribution in [0.3, 0.4) is 0 Å². The Balaban J connectivity index is 0.972. The lowest BCUT2D eigenvalue weighted by molar-refractivity contribution is 0.588. The predicted octanol–water partition coefficient (Wildman–Crippen LogP) is 21.5. The van der Waals surface area contributed by atoms with Crippen molar-refractivity contribution >= 4 is 55.7 Å². The van der Waals surface area contributed by atoms with E-state index >= 15 is 0 Å². The van der Waals surface area contributed by atoms with Gasteiger partial charge in [0.25, 0.3) is 0 Å². The van der Waals surface area contributed by atoms with Crippen LogP contribution in [0.15, 0.2) is 320 Å². The van der Waals surface area contributed by atoms with Gasteiger partial charge in [-0.2, -0.15) is 0 Å². The van der Waals surface area contributed by atoms with Gasteiger partial charge >= 0.3 is 0 Å². The fourth-order valence-corrected chi connectivity index (χ4v) is 13.6. The lowest BCUT2D eigenvalue weighted by Gasteiger charge is -2.36. The van der Waals surface area contributed by atoms with Gasteiger partial charge in [0.05, 0.1) is 11.1 Å². The summed E-state index contributed by atoms with van der Waals surface area (Å²) in [7, 11) is 0. The van der Waals surface area contributed by atoms with Crippen LogP contribution in [0.4, 0.5) is 34.1 Å².